The van der Waals surface area contributed by atoms with Crippen molar-refractivity contribution in [2.75, 3.05) is 0 Å². The summed E-state index contributed by atoms with van der Waals surface area (Å²) in [5.74, 6) is -4.28. The monoisotopic (exact) mass is 452 g/mol. The Morgan fingerprint density at radius 3 is 1.75 bits per heavy atom. The van der Waals surface area contributed by atoms with Crippen molar-refractivity contribution in [3.8, 4) is 0 Å². The van der Waals surface area contributed by atoms with Gasteiger partial charge in [0.05, 0.1) is 0 Å². The number of ether oxygens (including phenoxy) is 6. The predicted molar refractivity (Wildman–Crippen MR) is 103 cm³/mol. The number of rotatable bonds is 7. The van der Waals surface area contributed by atoms with E-state index in [1.165, 1.54) is 0 Å². The molecule has 5 atom stereocenters. The fraction of sp³-hybridized carbons (Fsp3) is 0.476. The van der Waals surface area contributed by atoms with Crippen molar-refractivity contribution in [3.05, 3.63) is 35.9 Å². The Hall–Kier alpha value is -3.47. The number of hydrogen-bond donors (Lipinski definition) is 0. The van der Waals surface area contributed by atoms with Gasteiger partial charge in [0.15, 0.2) is 18.3 Å². The average Bonchev–Trinajstić information content (AvgIpc) is 2.69. The van der Waals surface area contributed by atoms with E-state index in [1.54, 1.807) is 30.3 Å². The lowest BCUT2D eigenvalue weighted by Crippen LogP contribution is -2.64. The van der Waals surface area contributed by atoms with Crippen LogP contribution in [0.15, 0.2) is 30.3 Å². The Morgan fingerprint density at radius 1 is 0.719 bits per heavy atom. The highest BCUT2D eigenvalue weighted by atomic mass is 16.7. The van der Waals surface area contributed by atoms with Crippen LogP contribution < -0.4 is 0 Å². The first-order valence-corrected chi connectivity index (χ1v) is 9.63. The van der Waals surface area contributed by atoms with Crippen molar-refractivity contribution in [1.29, 1.82) is 0 Å². The van der Waals surface area contributed by atoms with Gasteiger partial charge in [0, 0.05) is 27.7 Å². The summed E-state index contributed by atoms with van der Waals surface area (Å²) in [5.41, 5.74) is 0.673. The summed E-state index contributed by atoms with van der Waals surface area (Å²) in [6, 6.07) is 8.73. The molecule has 1 aromatic carbocycles. The summed E-state index contributed by atoms with van der Waals surface area (Å²) in [7, 11) is 0. The van der Waals surface area contributed by atoms with Crippen LogP contribution in [0.1, 0.15) is 33.3 Å². The Bertz CT molecular complexity index is 851. The molecular weight excluding hydrogens is 428 g/mol. The summed E-state index contributed by atoms with van der Waals surface area (Å²) in [5, 5.41) is 0. The molecule has 174 valence electrons. The standard InChI is InChI=1S/C21H24O11/c1-11(22)28-16-17(29-12(2)23)19(30-13(3)24)21(31-14(4)25)32-18(16)20(26)27-10-15-8-6-5-7-9-15/h5-9,16-19,21H,10H2,1-4H3/t16-,17+,18?,19?,21+/m0/s1. The van der Waals surface area contributed by atoms with Crippen molar-refractivity contribution in [2.45, 2.75) is 65.0 Å². The smallest absolute Gasteiger partial charge is 0.339 e. The van der Waals surface area contributed by atoms with Gasteiger partial charge in [-0.15, -0.1) is 0 Å². The molecule has 1 aliphatic heterocycles. The van der Waals surface area contributed by atoms with Crippen LogP contribution >= 0.6 is 0 Å². The second kappa shape index (κ2) is 11.2. The highest BCUT2D eigenvalue weighted by Crippen LogP contribution is 2.30. The molecule has 1 aromatic rings. The first-order chi connectivity index (χ1) is 15.1. The molecule has 11 heteroatoms. The van der Waals surface area contributed by atoms with E-state index in [2.05, 4.69) is 0 Å². The van der Waals surface area contributed by atoms with Crippen LogP contribution in [-0.2, 0) is 59.0 Å². The number of carbonyl (C=O) groups is 5. The molecule has 0 bridgehead atoms. The minimum Gasteiger partial charge on any atom is -0.459 e. The van der Waals surface area contributed by atoms with Gasteiger partial charge in [0.1, 0.15) is 6.61 Å². The minimum absolute atomic E-state index is 0.129. The first kappa shape index (κ1) is 24.8. The SMILES string of the molecule is CC(=O)OC1[C@H](OC(C)=O)OC(C(=O)OCc2ccccc2)[C@@H](OC(C)=O)[C@H]1OC(C)=O. The Labute approximate surface area is 183 Å². The number of hydrogen-bond acceptors (Lipinski definition) is 11. The molecule has 11 nitrogen and oxygen atoms in total. The van der Waals surface area contributed by atoms with Gasteiger partial charge in [-0.1, -0.05) is 30.3 Å². The van der Waals surface area contributed by atoms with E-state index in [0.29, 0.717) is 5.56 Å². The Kier molecular flexibility index (Phi) is 8.71. The highest BCUT2D eigenvalue weighted by Gasteiger charge is 2.56. The molecule has 2 unspecified atom stereocenters. The van der Waals surface area contributed by atoms with Gasteiger partial charge in [-0.05, 0) is 5.56 Å². The van der Waals surface area contributed by atoms with Crippen LogP contribution in [0.2, 0.25) is 0 Å². The zero-order chi connectivity index (χ0) is 23.8. The number of esters is 5. The molecule has 0 N–H and O–H groups in total. The zero-order valence-corrected chi connectivity index (χ0v) is 18.0. The first-order valence-electron chi connectivity index (χ1n) is 9.63. The van der Waals surface area contributed by atoms with Crippen LogP contribution in [0.4, 0.5) is 0 Å². The third-order valence-corrected chi connectivity index (χ3v) is 4.14. The summed E-state index contributed by atoms with van der Waals surface area (Å²) >= 11 is 0. The van der Waals surface area contributed by atoms with Gasteiger partial charge in [-0.25, -0.2) is 4.79 Å². The fourth-order valence-electron chi connectivity index (χ4n) is 3.03. The molecule has 1 saturated heterocycles. The van der Waals surface area contributed by atoms with Crippen LogP contribution in [0.25, 0.3) is 0 Å². The maximum Gasteiger partial charge on any atom is 0.339 e. The summed E-state index contributed by atoms with van der Waals surface area (Å²) in [4.78, 5) is 59.5. The van der Waals surface area contributed by atoms with Crippen LogP contribution in [0.3, 0.4) is 0 Å². The number of carbonyl (C=O) groups excluding carboxylic acids is 5. The molecule has 0 saturated carbocycles. The van der Waals surface area contributed by atoms with E-state index < -0.39 is 60.6 Å². The normalized spacial score (nSPS) is 24.6. The van der Waals surface area contributed by atoms with Gasteiger partial charge >= 0.3 is 29.8 Å². The molecule has 0 aliphatic carbocycles. The molecule has 2 rings (SSSR count). The van der Waals surface area contributed by atoms with Crippen molar-refractivity contribution >= 4 is 29.8 Å². The zero-order valence-electron chi connectivity index (χ0n) is 18.0. The van der Waals surface area contributed by atoms with E-state index in [4.69, 9.17) is 28.4 Å². The van der Waals surface area contributed by atoms with Crippen molar-refractivity contribution in [3.63, 3.8) is 0 Å². The molecule has 0 radical (unpaired) electrons. The fourth-order valence-corrected chi connectivity index (χ4v) is 3.03. The van der Waals surface area contributed by atoms with Crippen LogP contribution in [-0.4, -0.2) is 60.6 Å². The Morgan fingerprint density at radius 2 is 1.22 bits per heavy atom. The highest BCUT2D eigenvalue weighted by molar-refractivity contribution is 5.77. The van der Waals surface area contributed by atoms with Crippen LogP contribution in [0, 0.1) is 0 Å². The van der Waals surface area contributed by atoms with E-state index in [0.717, 1.165) is 27.7 Å². The van der Waals surface area contributed by atoms with Gasteiger partial charge < -0.3 is 28.4 Å². The maximum atomic E-state index is 12.8. The second-order valence-electron chi connectivity index (χ2n) is 6.85. The molecule has 0 aromatic heterocycles. The molecular formula is C21H24O11. The lowest BCUT2D eigenvalue weighted by atomic mass is 9.97. The molecule has 0 spiro atoms. The molecule has 1 fully saturated rings. The van der Waals surface area contributed by atoms with Crippen molar-refractivity contribution in [1.82, 2.24) is 0 Å². The minimum atomic E-state index is -1.65. The van der Waals surface area contributed by atoms with Gasteiger partial charge in [-0.2, -0.15) is 0 Å². The Balaban J connectivity index is 2.38. The summed E-state index contributed by atoms with van der Waals surface area (Å²) in [6.45, 7) is 4.13. The third-order valence-electron chi connectivity index (χ3n) is 4.14. The predicted octanol–water partition coefficient (Wildman–Crippen LogP) is 0.813. The van der Waals surface area contributed by atoms with Gasteiger partial charge in [0.25, 0.3) is 0 Å². The summed E-state index contributed by atoms with van der Waals surface area (Å²) < 4.78 is 31.3. The van der Waals surface area contributed by atoms with Crippen LogP contribution in [0.5, 0.6) is 0 Å². The molecule has 0 amide bonds. The average molecular weight is 452 g/mol. The quantitative estimate of drug-likeness (QED) is 0.429. The maximum absolute atomic E-state index is 12.8. The van der Waals surface area contributed by atoms with E-state index >= 15 is 0 Å². The van der Waals surface area contributed by atoms with Gasteiger partial charge in [0.2, 0.25) is 12.4 Å². The molecule has 1 heterocycles. The van der Waals surface area contributed by atoms with Crippen molar-refractivity contribution < 1.29 is 52.4 Å². The molecule has 32 heavy (non-hydrogen) atoms. The topological polar surface area (TPSA) is 141 Å². The van der Waals surface area contributed by atoms with Crippen molar-refractivity contribution in [2.24, 2.45) is 0 Å². The number of benzene rings is 1. The van der Waals surface area contributed by atoms with E-state index in [9.17, 15) is 24.0 Å². The van der Waals surface area contributed by atoms with Gasteiger partial charge in [-0.3, -0.25) is 19.2 Å². The van der Waals surface area contributed by atoms with E-state index in [1.807, 2.05) is 0 Å². The second-order valence-corrected chi connectivity index (χ2v) is 6.85. The largest absolute Gasteiger partial charge is 0.459 e. The summed E-state index contributed by atoms with van der Waals surface area (Å²) in [6.07, 6.45) is -7.86. The lowest BCUT2D eigenvalue weighted by molar-refractivity contribution is -0.294. The third kappa shape index (κ3) is 7.05. The molecule has 1 aliphatic rings. The van der Waals surface area contributed by atoms with E-state index in [-0.39, 0.29) is 6.61 Å². The lowest BCUT2D eigenvalue weighted by Gasteiger charge is -2.42.